The third-order valence-corrected chi connectivity index (χ3v) is 3.66. The lowest BCUT2D eigenvalue weighted by Gasteiger charge is -2.27. The van der Waals surface area contributed by atoms with Gasteiger partial charge in [-0.3, -0.25) is 4.98 Å². The van der Waals surface area contributed by atoms with Crippen molar-refractivity contribution < 1.29 is 4.74 Å². The van der Waals surface area contributed by atoms with Crippen molar-refractivity contribution in [3.05, 3.63) is 26.9 Å². The van der Waals surface area contributed by atoms with E-state index in [0.717, 1.165) is 27.5 Å². The molecule has 1 aliphatic heterocycles. The predicted molar refractivity (Wildman–Crippen MR) is 66.7 cm³/mol. The van der Waals surface area contributed by atoms with Crippen LogP contribution in [0.3, 0.4) is 0 Å². The molecule has 0 bridgehead atoms. The number of hydrogen-bond acceptors (Lipinski definition) is 3. The van der Waals surface area contributed by atoms with Gasteiger partial charge in [0.25, 0.3) is 0 Å². The topological polar surface area (TPSA) is 45.9 Å². The third-order valence-electron chi connectivity index (χ3n) is 2.59. The van der Waals surface area contributed by atoms with Gasteiger partial charge >= 0.3 is 0 Å². The van der Waals surface area contributed by atoms with Gasteiger partial charge < -0.3 is 4.74 Å². The first kappa shape index (κ1) is 12.0. The molecule has 0 aliphatic carbocycles. The Balaban J connectivity index is 2.31. The Morgan fingerprint density at radius 2 is 2.31 bits per heavy atom. The normalized spacial score (nSPS) is 25.1. The van der Waals surface area contributed by atoms with Crippen LogP contribution in [0.1, 0.15) is 24.6 Å². The van der Waals surface area contributed by atoms with Crippen molar-refractivity contribution in [2.24, 2.45) is 5.92 Å². The molecule has 0 saturated carbocycles. The molecule has 2 atom stereocenters. The smallest absolute Gasteiger partial charge is 0.116 e. The second-order valence-electron chi connectivity index (χ2n) is 3.69. The molecule has 1 aromatic heterocycles. The van der Waals surface area contributed by atoms with Crippen molar-refractivity contribution >= 4 is 31.9 Å². The summed E-state index contributed by atoms with van der Waals surface area (Å²) in [7, 11) is 0. The van der Waals surface area contributed by atoms with Crippen LogP contribution in [0.25, 0.3) is 0 Å². The Hall–Kier alpha value is -0.440. The van der Waals surface area contributed by atoms with E-state index in [4.69, 9.17) is 10.00 Å². The Morgan fingerprint density at radius 1 is 1.50 bits per heavy atom. The van der Waals surface area contributed by atoms with Crippen LogP contribution < -0.4 is 0 Å². The van der Waals surface area contributed by atoms with Gasteiger partial charge in [0.1, 0.15) is 6.10 Å². The van der Waals surface area contributed by atoms with Crippen molar-refractivity contribution in [1.29, 1.82) is 5.26 Å². The van der Waals surface area contributed by atoms with Crippen LogP contribution >= 0.6 is 31.9 Å². The van der Waals surface area contributed by atoms with E-state index in [-0.39, 0.29) is 12.0 Å². The van der Waals surface area contributed by atoms with Gasteiger partial charge in [0.2, 0.25) is 0 Å². The zero-order valence-electron chi connectivity index (χ0n) is 8.49. The monoisotopic (exact) mass is 344 g/mol. The summed E-state index contributed by atoms with van der Waals surface area (Å²) in [5.41, 5.74) is 0.814. The van der Waals surface area contributed by atoms with Gasteiger partial charge in [0.15, 0.2) is 0 Å². The highest BCUT2D eigenvalue weighted by atomic mass is 79.9. The molecule has 2 heterocycles. The first-order valence-electron chi connectivity index (χ1n) is 5.04. The van der Waals surface area contributed by atoms with Gasteiger partial charge in [-0.2, -0.15) is 5.26 Å². The minimum absolute atomic E-state index is 0.0984. The molecule has 0 radical (unpaired) electrons. The number of rotatable bonds is 1. The molecule has 1 aliphatic rings. The van der Waals surface area contributed by atoms with Gasteiger partial charge in [0.05, 0.1) is 17.7 Å². The largest absolute Gasteiger partial charge is 0.370 e. The Morgan fingerprint density at radius 3 is 3.00 bits per heavy atom. The van der Waals surface area contributed by atoms with Crippen molar-refractivity contribution in [3.8, 4) is 6.07 Å². The molecule has 84 valence electrons. The van der Waals surface area contributed by atoms with Crippen LogP contribution in [0.15, 0.2) is 21.2 Å². The van der Waals surface area contributed by atoms with Crippen LogP contribution in [0.4, 0.5) is 0 Å². The standard InChI is InChI=1S/C11H10Br2N2O/c12-8-4-9(13)10(15-6-8)11-7(5-14)2-1-3-16-11/h4,6-7,11H,1-3H2. The highest BCUT2D eigenvalue weighted by Crippen LogP contribution is 2.36. The molecule has 16 heavy (non-hydrogen) atoms. The lowest BCUT2D eigenvalue weighted by molar-refractivity contribution is -0.0132. The fourth-order valence-corrected chi connectivity index (χ4v) is 3.03. The van der Waals surface area contributed by atoms with Crippen molar-refractivity contribution in [3.63, 3.8) is 0 Å². The first-order chi connectivity index (χ1) is 7.72. The maximum Gasteiger partial charge on any atom is 0.116 e. The zero-order valence-corrected chi connectivity index (χ0v) is 11.7. The molecule has 1 fully saturated rings. The molecule has 3 nitrogen and oxygen atoms in total. The average Bonchev–Trinajstić information content (AvgIpc) is 2.29. The highest BCUT2D eigenvalue weighted by Gasteiger charge is 2.29. The second-order valence-corrected chi connectivity index (χ2v) is 5.46. The van der Waals surface area contributed by atoms with Gasteiger partial charge in [-0.1, -0.05) is 0 Å². The molecule has 5 heteroatoms. The van der Waals surface area contributed by atoms with Crippen LogP contribution in [0, 0.1) is 17.2 Å². The summed E-state index contributed by atoms with van der Waals surface area (Å²) in [5, 5.41) is 9.09. The minimum Gasteiger partial charge on any atom is -0.370 e. The third kappa shape index (κ3) is 2.45. The number of halogens is 2. The number of nitrogens with zero attached hydrogens (tertiary/aromatic N) is 2. The molecule has 0 amide bonds. The van der Waals surface area contributed by atoms with E-state index in [0.29, 0.717) is 6.61 Å². The minimum atomic E-state index is -0.207. The molecule has 1 saturated heterocycles. The van der Waals surface area contributed by atoms with E-state index >= 15 is 0 Å². The van der Waals surface area contributed by atoms with Gasteiger partial charge in [0, 0.05) is 21.7 Å². The summed E-state index contributed by atoms with van der Waals surface area (Å²) < 4.78 is 7.45. The molecule has 0 N–H and O–H groups in total. The Labute approximate surface area is 111 Å². The van der Waals surface area contributed by atoms with Crippen LogP contribution in [0.5, 0.6) is 0 Å². The number of aromatic nitrogens is 1. The van der Waals surface area contributed by atoms with Gasteiger partial charge in [-0.25, -0.2) is 0 Å². The van der Waals surface area contributed by atoms with Crippen LogP contribution in [-0.4, -0.2) is 11.6 Å². The van der Waals surface area contributed by atoms with Crippen molar-refractivity contribution in [2.75, 3.05) is 6.61 Å². The quantitative estimate of drug-likeness (QED) is 0.781. The molecule has 0 aromatic carbocycles. The van der Waals surface area contributed by atoms with Crippen molar-refractivity contribution in [1.82, 2.24) is 4.98 Å². The first-order valence-corrected chi connectivity index (χ1v) is 6.63. The number of pyridine rings is 1. The SMILES string of the molecule is N#CC1CCCOC1c1ncc(Br)cc1Br. The molecule has 0 spiro atoms. The summed E-state index contributed by atoms with van der Waals surface area (Å²) in [6.45, 7) is 0.701. The lowest BCUT2D eigenvalue weighted by Crippen LogP contribution is -2.22. The number of hydrogen-bond donors (Lipinski definition) is 0. The molecule has 1 aromatic rings. The summed E-state index contributed by atoms with van der Waals surface area (Å²) in [5.74, 6) is -0.0984. The summed E-state index contributed by atoms with van der Waals surface area (Å²) >= 11 is 6.81. The van der Waals surface area contributed by atoms with Crippen LogP contribution in [0.2, 0.25) is 0 Å². The summed E-state index contributed by atoms with van der Waals surface area (Å²) in [6.07, 6.45) is 3.35. The maximum absolute atomic E-state index is 9.09. The maximum atomic E-state index is 9.09. The molecular formula is C11H10Br2N2O. The Kier molecular flexibility index (Phi) is 3.95. The fraction of sp³-hybridized carbons (Fsp3) is 0.455. The van der Waals surface area contributed by atoms with E-state index in [1.807, 2.05) is 6.07 Å². The van der Waals surface area contributed by atoms with Crippen LogP contribution in [-0.2, 0) is 4.74 Å². The molecule has 2 rings (SSSR count). The van der Waals surface area contributed by atoms with Gasteiger partial charge in [-0.15, -0.1) is 0 Å². The summed E-state index contributed by atoms with van der Waals surface area (Å²) in [6, 6.07) is 4.22. The van der Waals surface area contributed by atoms with E-state index in [2.05, 4.69) is 42.9 Å². The second kappa shape index (κ2) is 5.26. The van der Waals surface area contributed by atoms with Gasteiger partial charge in [-0.05, 0) is 50.8 Å². The highest BCUT2D eigenvalue weighted by molar-refractivity contribution is 9.11. The zero-order chi connectivity index (χ0) is 11.5. The predicted octanol–water partition coefficient (Wildman–Crippen LogP) is 3.60. The van der Waals surface area contributed by atoms with E-state index in [1.165, 1.54) is 0 Å². The number of ether oxygens (including phenoxy) is 1. The lowest BCUT2D eigenvalue weighted by atomic mass is 9.93. The Bertz CT molecular complexity index is 430. The van der Waals surface area contributed by atoms with E-state index in [1.54, 1.807) is 6.20 Å². The average molecular weight is 346 g/mol. The van der Waals surface area contributed by atoms with E-state index < -0.39 is 0 Å². The fourth-order valence-electron chi connectivity index (χ4n) is 1.82. The molecular weight excluding hydrogens is 336 g/mol. The number of nitriles is 1. The summed E-state index contributed by atoms with van der Waals surface area (Å²) in [4.78, 5) is 4.33. The van der Waals surface area contributed by atoms with Crippen molar-refractivity contribution in [2.45, 2.75) is 18.9 Å². The van der Waals surface area contributed by atoms with E-state index in [9.17, 15) is 0 Å². The molecule has 2 unspecified atom stereocenters.